The van der Waals surface area contributed by atoms with Crippen LogP contribution >= 0.6 is 46.4 Å². The molecule has 1 nitrogen and oxygen atoms in total. The van der Waals surface area contributed by atoms with Gasteiger partial charge < -0.3 is 4.74 Å². The van der Waals surface area contributed by atoms with E-state index in [1.807, 2.05) is 42.5 Å². The molecule has 0 bridgehead atoms. The fourth-order valence-corrected chi connectivity index (χ4v) is 2.02. The smallest absolute Gasteiger partial charge is 0.198 e. The van der Waals surface area contributed by atoms with Crippen LogP contribution in [0.2, 0.25) is 5.02 Å². The van der Waals surface area contributed by atoms with E-state index in [1.165, 1.54) is 0 Å². The van der Waals surface area contributed by atoms with E-state index in [1.54, 1.807) is 6.07 Å². The highest BCUT2D eigenvalue weighted by atomic mass is 127. The molecule has 86 valence electrons. The van der Waals surface area contributed by atoms with Crippen LogP contribution in [-0.2, 0) is 0 Å². The van der Waals surface area contributed by atoms with E-state index in [9.17, 15) is 0 Å². The summed E-state index contributed by atoms with van der Waals surface area (Å²) in [6, 6.07) is 15.1. The zero-order chi connectivity index (χ0) is 12.3. The molecule has 0 spiro atoms. The van der Waals surface area contributed by atoms with Gasteiger partial charge in [-0.2, -0.15) is 0 Å². The first-order valence-corrected chi connectivity index (χ1v) is 6.75. The molecule has 0 heterocycles. The summed E-state index contributed by atoms with van der Waals surface area (Å²) in [6.45, 7) is 0. The Hall–Kier alpha value is -0.650. The molecule has 0 amide bonds. The molecule has 0 N–H and O–H groups in total. The van der Waals surface area contributed by atoms with Crippen LogP contribution < -0.4 is 4.74 Å². The first kappa shape index (κ1) is 12.8. The minimum Gasteiger partial charge on any atom is -0.445 e. The molecule has 2 aromatic rings. The van der Waals surface area contributed by atoms with Crippen molar-refractivity contribution in [1.29, 1.82) is 0 Å². The minimum atomic E-state index is 0.447. The summed E-state index contributed by atoms with van der Waals surface area (Å²) in [6.07, 6.45) is 0. The van der Waals surface area contributed by atoms with E-state index >= 15 is 0 Å². The van der Waals surface area contributed by atoms with Gasteiger partial charge in [-0.15, -0.1) is 0 Å². The van der Waals surface area contributed by atoms with Gasteiger partial charge in [0.2, 0.25) is 0 Å². The lowest BCUT2D eigenvalue weighted by atomic mass is 10.2. The number of benzene rings is 2. The second kappa shape index (κ2) is 5.80. The van der Waals surface area contributed by atoms with Crippen LogP contribution in [0.4, 0.5) is 0 Å². The largest absolute Gasteiger partial charge is 0.445 e. The number of hydrogen-bond donors (Lipinski definition) is 0. The molecule has 0 unspecified atom stereocenters. The Labute approximate surface area is 124 Å². The van der Waals surface area contributed by atoms with Crippen molar-refractivity contribution >= 4 is 51.5 Å². The summed E-state index contributed by atoms with van der Waals surface area (Å²) >= 11 is 13.4. The predicted octanol–water partition coefficient (Wildman–Crippen LogP) is 4.70. The first-order chi connectivity index (χ1) is 8.16. The molecule has 17 heavy (non-hydrogen) atoms. The van der Waals surface area contributed by atoms with Crippen LogP contribution in [0.3, 0.4) is 0 Å². The molecule has 0 fully saturated rings. The SMILES string of the molecule is S=C(Oc1ccc(I)c(Cl)c1)c1ccccc1. The average Bonchev–Trinajstić information content (AvgIpc) is 2.35. The minimum absolute atomic E-state index is 0.447. The number of hydrogen-bond acceptors (Lipinski definition) is 2. The van der Waals surface area contributed by atoms with Gasteiger partial charge in [0.1, 0.15) is 5.75 Å². The third kappa shape index (κ3) is 3.40. The van der Waals surface area contributed by atoms with Crippen molar-refractivity contribution in [2.24, 2.45) is 0 Å². The van der Waals surface area contributed by atoms with E-state index in [-0.39, 0.29) is 0 Å². The van der Waals surface area contributed by atoms with E-state index in [0.717, 1.165) is 9.13 Å². The molecule has 0 aliphatic carbocycles. The summed E-state index contributed by atoms with van der Waals surface area (Å²) < 4.78 is 6.57. The quantitative estimate of drug-likeness (QED) is 0.557. The maximum Gasteiger partial charge on any atom is 0.198 e. The van der Waals surface area contributed by atoms with Crippen molar-refractivity contribution in [3.63, 3.8) is 0 Å². The highest BCUT2D eigenvalue weighted by Crippen LogP contribution is 2.24. The number of rotatable bonds is 2. The fraction of sp³-hybridized carbons (Fsp3) is 0. The third-order valence-corrected chi connectivity index (χ3v) is 4.00. The van der Waals surface area contributed by atoms with Crippen molar-refractivity contribution in [1.82, 2.24) is 0 Å². The molecule has 0 aliphatic rings. The van der Waals surface area contributed by atoms with Crippen LogP contribution in [0, 0.1) is 3.57 Å². The molecule has 0 radical (unpaired) electrons. The molecule has 0 saturated heterocycles. The lowest BCUT2D eigenvalue weighted by Gasteiger charge is -2.07. The zero-order valence-corrected chi connectivity index (χ0v) is 12.4. The van der Waals surface area contributed by atoms with Crippen LogP contribution in [0.15, 0.2) is 48.5 Å². The van der Waals surface area contributed by atoms with Gasteiger partial charge in [-0.05, 0) is 46.9 Å². The summed E-state index contributed by atoms with van der Waals surface area (Å²) in [5, 5.41) is 1.11. The van der Waals surface area contributed by atoms with Crippen molar-refractivity contribution in [2.75, 3.05) is 0 Å². The van der Waals surface area contributed by atoms with Gasteiger partial charge in [0.05, 0.1) is 5.02 Å². The lowest BCUT2D eigenvalue weighted by molar-refractivity contribution is 0.566. The molecule has 0 saturated carbocycles. The van der Waals surface area contributed by atoms with E-state index in [0.29, 0.717) is 15.8 Å². The van der Waals surface area contributed by atoms with Gasteiger partial charge >= 0.3 is 0 Å². The average molecular weight is 375 g/mol. The molecule has 2 aromatic carbocycles. The van der Waals surface area contributed by atoms with Crippen molar-refractivity contribution in [3.05, 3.63) is 62.7 Å². The normalized spacial score (nSPS) is 10.0. The Kier molecular flexibility index (Phi) is 4.36. The van der Waals surface area contributed by atoms with E-state index in [2.05, 4.69) is 22.6 Å². The zero-order valence-electron chi connectivity index (χ0n) is 8.69. The molecular formula is C13H8ClIOS. The predicted molar refractivity (Wildman–Crippen MR) is 82.9 cm³/mol. The Morgan fingerprint density at radius 1 is 1.12 bits per heavy atom. The molecule has 2 rings (SSSR count). The van der Waals surface area contributed by atoms with Crippen LogP contribution in [0.5, 0.6) is 5.75 Å². The highest BCUT2D eigenvalue weighted by Gasteiger charge is 2.05. The Balaban J connectivity index is 2.16. The number of thiocarbonyl (C=S) groups is 1. The standard InChI is InChI=1S/C13H8ClIOS/c14-11-8-10(6-7-12(11)15)16-13(17)9-4-2-1-3-5-9/h1-8H. The van der Waals surface area contributed by atoms with Crippen molar-refractivity contribution in [3.8, 4) is 5.75 Å². The summed E-state index contributed by atoms with van der Waals surface area (Å²) in [5.41, 5.74) is 0.886. The summed E-state index contributed by atoms with van der Waals surface area (Å²) in [7, 11) is 0. The Morgan fingerprint density at radius 3 is 2.47 bits per heavy atom. The van der Waals surface area contributed by atoms with Gasteiger partial charge in [0, 0.05) is 15.2 Å². The van der Waals surface area contributed by atoms with E-state index in [4.69, 9.17) is 28.6 Å². The number of ether oxygens (including phenoxy) is 1. The van der Waals surface area contributed by atoms with Gasteiger partial charge in [0.25, 0.3) is 0 Å². The number of halogens is 2. The Bertz CT molecular complexity index is 542. The van der Waals surface area contributed by atoms with Crippen LogP contribution in [0.1, 0.15) is 5.56 Å². The summed E-state index contributed by atoms with van der Waals surface area (Å²) in [4.78, 5) is 0. The lowest BCUT2D eigenvalue weighted by Crippen LogP contribution is -2.06. The highest BCUT2D eigenvalue weighted by molar-refractivity contribution is 14.1. The first-order valence-electron chi connectivity index (χ1n) is 4.89. The molecule has 4 heteroatoms. The van der Waals surface area contributed by atoms with Gasteiger partial charge in [0.15, 0.2) is 5.05 Å². The maximum absolute atomic E-state index is 6.01. The fourth-order valence-electron chi connectivity index (χ4n) is 1.28. The monoisotopic (exact) mass is 374 g/mol. The topological polar surface area (TPSA) is 9.23 Å². The third-order valence-electron chi connectivity index (χ3n) is 2.11. The van der Waals surface area contributed by atoms with Gasteiger partial charge in [-0.25, -0.2) is 0 Å². The summed E-state index contributed by atoms with van der Waals surface area (Å²) in [5.74, 6) is 0.657. The van der Waals surface area contributed by atoms with Crippen molar-refractivity contribution < 1.29 is 4.74 Å². The van der Waals surface area contributed by atoms with Gasteiger partial charge in [-0.3, -0.25) is 0 Å². The molecule has 0 atom stereocenters. The molecule has 0 aliphatic heterocycles. The maximum atomic E-state index is 6.01. The van der Waals surface area contributed by atoms with E-state index < -0.39 is 0 Å². The Morgan fingerprint density at radius 2 is 1.82 bits per heavy atom. The molecular weight excluding hydrogens is 367 g/mol. The van der Waals surface area contributed by atoms with Crippen LogP contribution in [-0.4, -0.2) is 5.05 Å². The van der Waals surface area contributed by atoms with Crippen LogP contribution in [0.25, 0.3) is 0 Å². The second-order valence-electron chi connectivity index (χ2n) is 3.33. The molecule has 0 aromatic heterocycles. The van der Waals surface area contributed by atoms with Crippen molar-refractivity contribution in [2.45, 2.75) is 0 Å². The van der Waals surface area contributed by atoms with Gasteiger partial charge in [-0.1, -0.05) is 41.9 Å². The second-order valence-corrected chi connectivity index (χ2v) is 5.27.